The zero-order chi connectivity index (χ0) is 14.4. The minimum Gasteiger partial charge on any atom is -0.478 e. The van der Waals surface area contributed by atoms with Gasteiger partial charge >= 0.3 is 5.97 Å². The molecule has 1 aromatic carbocycles. The molecule has 102 valence electrons. The summed E-state index contributed by atoms with van der Waals surface area (Å²) in [6.45, 7) is 3.36. The number of carboxylic acid groups (broad SMARTS) is 1. The van der Waals surface area contributed by atoms with E-state index in [2.05, 4.69) is 0 Å². The second-order valence-electron chi connectivity index (χ2n) is 4.15. The van der Waals surface area contributed by atoms with Crippen LogP contribution in [0.15, 0.2) is 18.2 Å². The topological polar surface area (TPSA) is 80.4 Å². The molecule has 1 rings (SSSR count). The molecule has 0 aromatic heterocycles. The first-order valence-electron chi connectivity index (χ1n) is 5.85. The van der Waals surface area contributed by atoms with Crippen molar-refractivity contribution in [1.82, 2.24) is 0 Å². The molecule has 0 radical (unpaired) electrons. The molecular formula is C14H17NO3S. The predicted octanol–water partition coefficient (Wildman–Crippen LogP) is 2.96. The van der Waals surface area contributed by atoms with Crippen LogP contribution in [0.2, 0.25) is 0 Å². The molecule has 0 saturated carbocycles. The number of hydrogen-bond acceptors (Lipinski definition) is 4. The molecule has 1 aromatic rings. The van der Waals surface area contributed by atoms with Gasteiger partial charge in [-0.05, 0) is 36.6 Å². The molecule has 0 heterocycles. The second-order valence-corrected chi connectivity index (χ2v) is 5.42. The van der Waals surface area contributed by atoms with Crippen molar-refractivity contribution in [2.75, 3.05) is 11.5 Å². The van der Waals surface area contributed by atoms with Crippen molar-refractivity contribution in [2.45, 2.75) is 20.3 Å². The van der Waals surface area contributed by atoms with Gasteiger partial charge in [-0.25, -0.2) is 4.79 Å². The molecule has 0 atom stereocenters. The molecular weight excluding hydrogens is 262 g/mol. The van der Waals surface area contributed by atoms with Crippen LogP contribution in [0.4, 0.5) is 5.69 Å². The number of aryl methyl sites for hydroxylation is 1. The van der Waals surface area contributed by atoms with Gasteiger partial charge in [0.2, 0.25) is 0 Å². The van der Waals surface area contributed by atoms with Gasteiger partial charge in [-0.1, -0.05) is 23.9 Å². The van der Waals surface area contributed by atoms with Crippen LogP contribution in [0.25, 0.3) is 6.08 Å². The Labute approximate surface area is 116 Å². The number of nitrogens with two attached hydrogens (primary N) is 1. The summed E-state index contributed by atoms with van der Waals surface area (Å²) in [7, 11) is 0. The largest absolute Gasteiger partial charge is 0.478 e. The summed E-state index contributed by atoms with van der Waals surface area (Å²) in [5.41, 5.74) is 7.77. The zero-order valence-corrected chi connectivity index (χ0v) is 11.8. The van der Waals surface area contributed by atoms with Crippen molar-refractivity contribution in [3.63, 3.8) is 0 Å². The molecule has 0 fully saturated rings. The summed E-state index contributed by atoms with van der Waals surface area (Å²) in [6, 6.07) is 3.40. The van der Waals surface area contributed by atoms with Gasteiger partial charge in [0, 0.05) is 12.7 Å². The number of thioether (sulfide) groups is 1. The Morgan fingerprint density at radius 1 is 1.42 bits per heavy atom. The van der Waals surface area contributed by atoms with Gasteiger partial charge < -0.3 is 10.8 Å². The van der Waals surface area contributed by atoms with E-state index in [1.54, 1.807) is 12.1 Å². The Bertz CT molecular complexity index is 524. The Hall–Kier alpha value is -1.75. The normalized spacial score (nSPS) is 10.8. The number of benzene rings is 1. The van der Waals surface area contributed by atoms with Gasteiger partial charge in [-0.3, -0.25) is 4.79 Å². The quantitative estimate of drug-likeness (QED) is 0.640. The minimum atomic E-state index is -1.03. The molecule has 0 aliphatic heterocycles. The summed E-state index contributed by atoms with van der Waals surface area (Å²) in [4.78, 5) is 21.8. The van der Waals surface area contributed by atoms with Crippen LogP contribution in [-0.2, 0) is 4.79 Å². The third kappa shape index (κ3) is 4.79. The van der Waals surface area contributed by atoms with Gasteiger partial charge in [-0.2, -0.15) is 0 Å². The molecule has 4 nitrogen and oxygen atoms in total. The van der Waals surface area contributed by atoms with Crippen LogP contribution in [-0.4, -0.2) is 21.9 Å². The average Bonchev–Trinajstić information content (AvgIpc) is 2.31. The lowest BCUT2D eigenvalue weighted by Crippen LogP contribution is -2.04. The lowest BCUT2D eigenvalue weighted by Gasteiger charge is -2.07. The Morgan fingerprint density at radius 3 is 2.68 bits per heavy atom. The van der Waals surface area contributed by atoms with E-state index < -0.39 is 5.97 Å². The number of anilines is 1. The van der Waals surface area contributed by atoms with Crippen LogP contribution in [0.3, 0.4) is 0 Å². The molecule has 0 spiro atoms. The van der Waals surface area contributed by atoms with Crippen LogP contribution < -0.4 is 5.73 Å². The highest BCUT2D eigenvalue weighted by Gasteiger charge is 2.10. The van der Waals surface area contributed by atoms with Crippen molar-refractivity contribution >= 4 is 34.6 Å². The fourth-order valence-corrected chi connectivity index (χ4v) is 2.16. The number of allylic oxidation sites excluding steroid dienone is 1. The molecule has 19 heavy (non-hydrogen) atoms. The fourth-order valence-electron chi connectivity index (χ4n) is 1.62. The Kier molecular flexibility index (Phi) is 5.63. The molecule has 0 unspecified atom stereocenters. The minimum absolute atomic E-state index is 0.0941. The Morgan fingerprint density at radius 2 is 2.11 bits per heavy atom. The first kappa shape index (κ1) is 15.3. The van der Waals surface area contributed by atoms with Crippen LogP contribution in [0, 0.1) is 6.92 Å². The first-order chi connectivity index (χ1) is 8.91. The molecule has 0 aliphatic rings. The van der Waals surface area contributed by atoms with E-state index in [0.717, 1.165) is 12.0 Å². The molecule has 0 bridgehead atoms. The number of nitrogen functional groups attached to an aromatic ring is 1. The van der Waals surface area contributed by atoms with Gasteiger partial charge in [0.15, 0.2) is 5.12 Å². The molecule has 0 amide bonds. The molecule has 5 heteroatoms. The van der Waals surface area contributed by atoms with Gasteiger partial charge in [0.05, 0.1) is 11.3 Å². The molecule has 3 N–H and O–H groups in total. The lowest BCUT2D eigenvalue weighted by atomic mass is 10.0. The second kappa shape index (κ2) is 6.99. The van der Waals surface area contributed by atoms with E-state index in [-0.39, 0.29) is 16.4 Å². The maximum absolute atomic E-state index is 11.0. The van der Waals surface area contributed by atoms with E-state index >= 15 is 0 Å². The molecule has 0 saturated heterocycles. The summed E-state index contributed by atoms with van der Waals surface area (Å²) >= 11 is 1.27. The number of carbonyl (C=O) groups is 2. The zero-order valence-electron chi connectivity index (χ0n) is 11.0. The van der Waals surface area contributed by atoms with Crippen molar-refractivity contribution in [3.05, 3.63) is 34.9 Å². The highest BCUT2D eigenvalue weighted by Crippen LogP contribution is 2.22. The highest BCUT2D eigenvalue weighted by molar-refractivity contribution is 8.13. The van der Waals surface area contributed by atoms with Gasteiger partial charge in [-0.15, -0.1) is 0 Å². The number of carbonyl (C=O) groups excluding carboxylic acids is 1. The smallest absolute Gasteiger partial charge is 0.337 e. The SMILES string of the molecule is CC(=O)SCCC=Cc1cc(C)cc(C(=O)O)c1N. The van der Waals surface area contributed by atoms with Crippen LogP contribution in [0.5, 0.6) is 0 Å². The summed E-state index contributed by atoms with van der Waals surface area (Å²) in [6.07, 6.45) is 4.43. The fraction of sp³-hybridized carbons (Fsp3) is 0.286. The van der Waals surface area contributed by atoms with Crippen LogP contribution >= 0.6 is 11.8 Å². The third-order valence-electron chi connectivity index (χ3n) is 2.47. The van der Waals surface area contributed by atoms with E-state index in [1.807, 2.05) is 19.1 Å². The summed E-state index contributed by atoms with van der Waals surface area (Å²) in [5.74, 6) is -0.313. The lowest BCUT2D eigenvalue weighted by molar-refractivity contribution is -0.109. The number of hydrogen-bond donors (Lipinski definition) is 2. The van der Waals surface area contributed by atoms with Crippen molar-refractivity contribution < 1.29 is 14.7 Å². The van der Waals surface area contributed by atoms with Gasteiger partial charge in [0.1, 0.15) is 0 Å². The first-order valence-corrected chi connectivity index (χ1v) is 6.83. The summed E-state index contributed by atoms with van der Waals surface area (Å²) < 4.78 is 0. The van der Waals surface area contributed by atoms with Gasteiger partial charge in [0.25, 0.3) is 0 Å². The maximum atomic E-state index is 11.0. The van der Waals surface area contributed by atoms with E-state index in [0.29, 0.717) is 11.3 Å². The monoisotopic (exact) mass is 279 g/mol. The third-order valence-corrected chi connectivity index (χ3v) is 3.32. The molecule has 0 aliphatic carbocycles. The highest BCUT2D eigenvalue weighted by atomic mass is 32.2. The summed E-state index contributed by atoms with van der Waals surface area (Å²) in [5, 5.41) is 9.13. The predicted molar refractivity (Wildman–Crippen MR) is 79.3 cm³/mol. The van der Waals surface area contributed by atoms with E-state index in [4.69, 9.17) is 10.8 Å². The van der Waals surface area contributed by atoms with E-state index in [9.17, 15) is 9.59 Å². The van der Waals surface area contributed by atoms with Crippen molar-refractivity contribution in [3.8, 4) is 0 Å². The maximum Gasteiger partial charge on any atom is 0.337 e. The van der Waals surface area contributed by atoms with Crippen molar-refractivity contribution in [1.29, 1.82) is 0 Å². The number of aromatic carboxylic acids is 1. The number of rotatable bonds is 5. The van der Waals surface area contributed by atoms with Crippen molar-refractivity contribution in [2.24, 2.45) is 0 Å². The standard InChI is InChI=1S/C14H17NO3S/c1-9-7-11(5-3-4-6-19-10(2)16)13(15)12(8-9)14(17)18/h3,5,7-8H,4,6,15H2,1-2H3,(H,17,18). The number of carboxylic acids is 1. The van der Waals surface area contributed by atoms with E-state index in [1.165, 1.54) is 18.7 Å². The average molecular weight is 279 g/mol. The van der Waals surface area contributed by atoms with Crippen LogP contribution in [0.1, 0.15) is 34.8 Å². The Balaban J connectivity index is 2.80.